The Labute approximate surface area is 205 Å². The number of rotatable bonds is 7. The predicted molar refractivity (Wildman–Crippen MR) is 136 cm³/mol. The van der Waals surface area contributed by atoms with Crippen LogP contribution in [0.25, 0.3) is 21.6 Å². The van der Waals surface area contributed by atoms with Crippen molar-refractivity contribution < 1.29 is 9.32 Å². The number of carbonyl (C=O) groups excluding carboxylic acids is 1. The van der Waals surface area contributed by atoms with E-state index in [2.05, 4.69) is 10.1 Å². The summed E-state index contributed by atoms with van der Waals surface area (Å²) in [7, 11) is 0. The molecule has 5 aromatic rings. The number of carbonyl (C=O) groups is 1. The molecule has 0 saturated heterocycles. The average molecular weight is 489 g/mol. The zero-order valence-electron chi connectivity index (χ0n) is 18.4. The summed E-state index contributed by atoms with van der Waals surface area (Å²) < 4.78 is 6.44. The van der Waals surface area contributed by atoms with Crippen molar-refractivity contribution in [3.63, 3.8) is 0 Å². The van der Waals surface area contributed by atoms with E-state index < -0.39 is 0 Å². The number of hydrogen-bond acceptors (Lipinski definition) is 6. The van der Waals surface area contributed by atoms with Crippen molar-refractivity contribution in [3.05, 3.63) is 89.3 Å². The molecule has 0 fully saturated rings. The van der Waals surface area contributed by atoms with Crippen LogP contribution < -0.4 is 4.90 Å². The summed E-state index contributed by atoms with van der Waals surface area (Å²) in [6.45, 7) is 2.00. The Morgan fingerprint density at radius 2 is 1.76 bits per heavy atom. The lowest BCUT2D eigenvalue weighted by atomic mass is 10.1. The van der Waals surface area contributed by atoms with Gasteiger partial charge in [-0.2, -0.15) is 4.98 Å². The highest BCUT2D eigenvalue weighted by atomic mass is 35.5. The Kier molecular flexibility index (Phi) is 6.38. The topological polar surface area (TPSA) is 72.1 Å². The van der Waals surface area contributed by atoms with Crippen LogP contribution in [0, 0.1) is 6.92 Å². The second kappa shape index (κ2) is 9.75. The minimum absolute atomic E-state index is 0.0224. The standard InChI is InChI=1S/C26H21ClN4O2S/c1-17-7-2-4-9-21(17)31(26-28-20-8-3-5-10-22(20)34-26)24(32)12-6-11-23-29-25(30-33-23)18-13-15-19(27)16-14-18/h2-5,7-10,13-16H,6,11-12H2,1H3. The van der Waals surface area contributed by atoms with Gasteiger partial charge in [-0.05, 0) is 61.4 Å². The number of aryl methyl sites for hydroxylation is 2. The van der Waals surface area contributed by atoms with Crippen LogP contribution in [0.2, 0.25) is 5.02 Å². The van der Waals surface area contributed by atoms with E-state index in [0.717, 1.165) is 27.0 Å². The first-order chi connectivity index (χ1) is 16.6. The van der Waals surface area contributed by atoms with Gasteiger partial charge in [0.15, 0.2) is 5.13 Å². The van der Waals surface area contributed by atoms with E-state index in [4.69, 9.17) is 21.1 Å². The molecule has 0 N–H and O–H groups in total. The molecule has 0 spiro atoms. The van der Waals surface area contributed by atoms with Gasteiger partial charge in [0.2, 0.25) is 17.6 Å². The number of fused-ring (bicyclic) bond motifs is 1. The molecule has 0 saturated carbocycles. The number of thiazole rings is 1. The number of anilines is 2. The van der Waals surface area contributed by atoms with Crippen LogP contribution in [0.3, 0.4) is 0 Å². The van der Waals surface area contributed by atoms with Gasteiger partial charge in [0.05, 0.1) is 15.9 Å². The van der Waals surface area contributed by atoms with Gasteiger partial charge < -0.3 is 4.52 Å². The van der Waals surface area contributed by atoms with Gasteiger partial charge in [0.1, 0.15) is 0 Å². The van der Waals surface area contributed by atoms with Crippen LogP contribution in [0.4, 0.5) is 10.8 Å². The minimum Gasteiger partial charge on any atom is -0.339 e. The van der Waals surface area contributed by atoms with Crippen LogP contribution in [0.15, 0.2) is 77.3 Å². The lowest BCUT2D eigenvalue weighted by molar-refractivity contribution is -0.118. The second-order valence-electron chi connectivity index (χ2n) is 7.85. The molecule has 2 heterocycles. The van der Waals surface area contributed by atoms with Gasteiger partial charge in [-0.3, -0.25) is 9.69 Å². The molecular formula is C26H21ClN4O2S. The Hall–Kier alpha value is -3.55. The van der Waals surface area contributed by atoms with Crippen molar-refractivity contribution in [2.75, 3.05) is 4.90 Å². The molecule has 34 heavy (non-hydrogen) atoms. The van der Waals surface area contributed by atoms with Gasteiger partial charge in [0.25, 0.3) is 0 Å². The molecule has 2 aromatic heterocycles. The zero-order chi connectivity index (χ0) is 23.5. The highest BCUT2D eigenvalue weighted by Crippen LogP contribution is 2.35. The van der Waals surface area contributed by atoms with Crippen LogP contribution >= 0.6 is 22.9 Å². The minimum atomic E-state index is -0.0224. The first-order valence-corrected chi connectivity index (χ1v) is 12.1. The summed E-state index contributed by atoms with van der Waals surface area (Å²) in [5.74, 6) is 0.986. The molecular weight excluding hydrogens is 468 g/mol. The van der Waals surface area contributed by atoms with Crippen LogP contribution in [-0.2, 0) is 11.2 Å². The van der Waals surface area contributed by atoms with E-state index in [1.165, 1.54) is 11.3 Å². The second-order valence-corrected chi connectivity index (χ2v) is 9.30. The summed E-state index contributed by atoms with van der Waals surface area (Å²) in [5, 5.41) is 5.37. The molecule has 3 aromatic carbocycles. The number of amides is 1. The number of aromatic nitrogens is 3. The largest absolute Gasteiger partial charge is 0.339 e. The monoisotopic (exact) mass is 488 g/mol. The molecule has 0 aliphatic carbocycles. The van der Waals surface area contributed by atoms with Crippen LogP contribution in [-0.4, -0.2) is 21.0 Å². The molecule has 0 bridgehead atoms. The molecule has 6 nitrogen and oxygen atoms in total. The van der Waals surface area contributed by atoms with Gasteiger partial charge in [-0.15, -0.1) is 0 Å². The Bertz CT molecular complexity index is 1410. The molecule has 0 atom stereocenters. The molecule has 5 rings (SSSR count). The molecule has 0 radical (unpaired) electrons. The van der Waals surface area contributed by atoms with Gasteiger partial charge in [0, 0.05) is 23.4 Å². The van der Waals surface area contributed by atoms with Gasteiger partial charge in [-0.1, -0.05) is 58.4 Å². The number of hydrogen-bond donors (Lipinski definition) is 0. The van der Waals surface area contributed by atoms with Crippen molar-refractivity contribution in [2.45, 2.75) is 26.2 Å². The third-order valence-corrected chi connectivity index (χ3v) is 6.70. The lowest BCUT2D eigenvalue weighted by Crippen LogP contribution is -2.26. The molecule has 8 heteroatoms. The maximum atomic E-state index is 13.4. The Morgan fingerprint density at radius 1 is 1.00 bits per heavy atom. The fourth-order valence-electron chi connectivity index (χ4n) is 3.69. The van der Waals surface area contributed by atoms with Crippen LogP contribution in [0.1, 0.15) is 24.3 Å². The quantitative estimate of drug-likeness (QED) is 0.246. The summed E-state index contributed by atoms with van der Waals surface area (Å²) in [4.78, 5) is 24.4. The maximum absolute atomic E-state index is 13.4. The van der Waals surface area contributed by atoms with E-state index >= 15 is 0 Å². The molecule has 0 unspecified atom stereocenters. The normalized spacial score (nSPS) is 11.1. The van der Waals surface area contributed by atoms with Crippen molar-refractivity contribution in [2.24, 2.45) is 0 Å². The number of halogens is 1. The lowest BCUT2D eigenvalue weighted by Gasteiger charge is -2.21. The third-order valence-electron chi connectivity index (χ3n) is 5.43. The SMILES string of the molecule is Cc1ccccc1N(C(=O)CCCc1nc(-c2ccc(Cl)cc2)no1)c1nc2ccccc2s1. The fraction of sp³-hybridized carbons (Fsp3) is 0.154. The predicted octanol–water partition coefficient (Wildman–Crippen LogP) is 7.00. The summed E-state index contributed by atoms with van der Waals surface area (Å²) in [6.07, 6.45) is 1.41. The fourth-order valence-corrected chi connectivity index (χ4v) is 4.81. The highest BCUT2D eigenvalue weighted by Gasteiger charge is 2.23. The summed E-state index contributed by atoms with van der Waals surface area (Å²) in [6, 6.07) is 23.0. The number of benzene rings is 3. The number of nitrogens with zero attached hydrogens (tertiary/aromatic N) is 4. The smallest absolute Gasteiger partial charge is 0.233 e. The summed E-state index contributed by atoms with van der Waals surface area (Å²) >= 11 is 7.46. The van der Waals surface area contributed by atoms with Crippen molar-refractivity contribution in [1.82, 2.24) is 15.1 Å². The molecule has 0 aliphatic rings. The van der Waals surface area contributed by atoms with Crippen molar-refractivity contribution in [1.29, 1.82) is 0 Å². The zero-order valence-corrected chi connectivity index (χ0v) is 20.0. The molecule has 1 amide bonds. The molecule has 0 aliphatic heterocycles. The average Bonchev–Trinajstić information content (AvgIpc) is 3.48. The van der Waals surface area contributed by atoms with Crippen molar-refractivity contribution in [3.8, 4) is 11.4 Å². The van der Waals surface area contributed by atoms with Gasteiger partial charge in [-0.25, -0.2) is 4.98 Å². The first kappa shape index (κ1) is 22.3. The first-order valence-electron chi connectivity index (χ1n) is 10.9. The summed E-state index contributed by atoms with van der Waals surface area (Å²) in [5.41, 5.74) is 3.57. The van der Waals surface area contributed by atoms with Crippen molar-refractivity contribution >= 4 is 49.9 Å². The highest BCUT2D eigenvalue weighted by molar-refractivity contribution is 7.22. The van der Waals surface area contributed by atoms with E-state index in [1.807, 2.05) is 67.6 Å². The number of para-hydroxylation sites is 2. The molecule has 170 valence electrons. The van der Waals surface area contributed by atoms with E-state index in [-0.39, 0.29) is 5.91 Å². The van der Waals surface area contributed by atoms with E-state index in [1.54, 1.807) is 17.0 Å². The third kappa shape index (κ3) is 4.71. The maximum Gasteiger partial charge on any atom is 0.233 e. The van der Waals surface area contributed by atoms with E-state index in [0.29, 0.717) is 41.1 Å². The Balaban J connectivity index is 1.32. The van der Waals surface area contributed by atoms with Gasteiger partial charge >= 0.3 is 0 Å². The Morgan fingerprint density at radius 3 is 2.56 bits per heavy atom. The van der Waals surface area contributed by atoms with E-state index in [9.17, 15) is 4.79 Å². The van der Waals surface area contributed by atoms with Crippen LogP contribution in [0.5, 0.6) is 0 Å².